The summed E-state index contributed by atoms with van der Waals surface area (Å²) in [5.41, 5.74) is 1.92. The summed E-state index contributed by atoms with van der Waals surface area (Å²) < 4.78 is 30.3. The topological polar surface area (TPSA) is 81.9 Å². The van der Waals surface area contributed by atoms with Crippen molar-refractivity contribution < 1.29 is 18.3 Å². The Balaban J connectivity index is 1.55. The van der Waals surface area contributed by atoms with Gasteiger partial charge in [0.15, 0.2) is 0 Å². The van der Waals surface area contributed by atoms with Crippen LogP contribution in [-0.4, -0.2) is 32.5 Å². The van der Waals surface area contributed by atoms with E-state index in [1.807, 2.05) is 24.4 Å². The lowest BCUT2D eigenvalue weighted by Crippen LogP contribution is -2.13. The zero-order chi connectivity index (χ0) is 20.4. The molecule has 0 aliphatic rings. The van der Waals surface area contributed by atoms with Gasteiger partial charge in [0.25, 0.3) is 5.91 Å². The zero-order valence-electron chi connectivity index (χ0n) is 15.2. The second-order valence-electron chi connectivity index (χ2n) is 6.27. The van der Waals surface area contributed by atoms with Crippen LogP contribution in [0.4, 0.5) is 14.6 Å². The largest absolute Gasteiger partial charge is 0.435 e. The van der Waals surface area contributed by atoms with E-state index in [9.17, 15) is 13.6 Å². The van der Waals surface area contributed by atoms with Crippen LogP contribution >= 0.6 is 0 Å². The van der Waals surface area contributed by atoms with Gasteiger partial charge >= 0.3 is 6.61 Å². The fourth-order valence-electron chi connectivity index (χ4n) is 2.82. The molecule has 0 radical (unpaired) electrons. The van der Waals surface area contributed by atoms with Crippen molar-refractivity contribution in [1.29, 1.82) is 0 Å². The van der Waals surface area contributed by atoms with Crippen molar-refractivity contribution in [3.8, 4) is 17.0 Å². The van der Waals surface area contributed by atoms with Crippen molar-refractivity contribution in [3.63, 3.8) is 0 Å². The van der Waals surface area contributed by atoms with Gasteiger partial charge in [-0.25, -0.2) is 4.98 Å². The first-order valence-electron chi connectivity index (χ1n) is 8.61. The smallest absolute Gasteiger partial charge is 0.387 e. The molecule has 9 heteroatoms. The summed E-state index contributed by atoms with van der Waals surface area (Å²) in [5, 5.41) is 12.5. The van der Waals surface area contributed by atoms with E-state index in [1.54, 1.807) is 24.0 Å². The number of amides is 1. The summed E-state index contributed by atoms with van der Waals surface area (Å²) >= 11 is 0. The number of fused-ring (bicyclic) bond motifs is 1. The predicted molar refractivity (Wildman–Crippen MR) is 103 cm³/mol. The molecule has 0 fully saturated rings. The SMILES string of the molecule is Cn1cc(-c2ccc3cnc(NC(=O)c4ccc(OC(F)F)cc4)cc3c2)nn1. The fourth-order valence-corrected chi connectivity index (χ4v) is 2.82. The first-order chi connectivity index (χ1) is 14.0. The molecule has 0 unspecified atom stereocenters. The van der Waals surface area contributed by atoms with Gasteiger partial charge in [-0.1, -0.05) is 17.3 Å². The van der Waals surface area contributed by atoms with Crippen molar-refractivity contribution in [2.24, 2.45) is 7.05 Å². The third-order valence-electron chi connectivity index (χ3n) is 4.20. The van der Waals surface area contributed by atoms with Crippen LogP contribution in [0.2, 0.25) is 0 Å². The Labute approximate surface area is 163 Å². The molecular weight excluding hydrogens is 380 g/mol. The van der Waals surface area contributed by atoms with E-state index in [1.165, 1.54) is 24.3 Å². The number of aromatic nitrogens is 4. The standard InChI is InChI=1S/C20H15F2N5O2/c1-27-11-17(25-26-27)13-2-3-14-10-23-18(9-15(14)8-13)24-19(28)12-4-6-16(7-5-12)29-20(21)22/h2-11,20H,1H3,(H,23,24,28). The molecule has 2 aromatic carbocycles. The number of anilines is 1. The second-order valence-corrected chi connectivity index (χ2v) is 6.27. The van der Waals surface area contributed by atoms with Crippen molar-refractivity contribution in [2.45, 2.75) is 6.61 Å². The minimum absolute atomic E-state index is 0.0167. The van der Waals surface area contributed by atoms with Crippen LogP contribution in [-0.2, 0) is 7.05 Å². The predicted octanol–water partition coefficient (Wildman–Crippen LogP) is 3.88. The van der Waals surface area contributed by atoms with Crippen LogP contribution in [0.25, 0.3) is 22.0 Å². The number of ether oxygens (including phenoxy) is 1. The number of aryl methyl sites for hydroxylation is 1. The van der Waals surface area contributed by atoms with E-state index >= 15 is 0 Å². The molecule has 146 valence electrons. The fraction of sp³-hybridized carbons (Fsp3) is 0.100. The highest BCUT2D eigenvalue weighted by Crippen LogP contribution is 2.24. The summed E-state index contributed by atoms with van der Waals surface area (Å²) in [6.45, 7) is -2.91. The molecule has 0 atom stereocenters. The van der Waals surface area contributed by atoms with Crippen LogP contribution in [0.5, 0.6) is 5.75 Å². The molecule has 0 saturated heterocycles. The number of hydrogen-bond donors (Lipinski definition) is 1. The number of rotatable bonds is 5. The Bertz CT molecular complexity index is 1180. The molecule has 2 aromatic heterocycles. The van der Waals surface area contributed by atoms with E-state index in [0.29, 0.717) is 11.4 Å². The summed E-state index contributed by atoms with van der Waals surface area (Å²) in [4.78, 5) is 16.7. The van der Waals surface area contributed by atoms with Gasteiger partial charge in [-0.15, -0.1) is 5.10 Å². The molecule has 0 aliphatic carbocycles. The molecule has 1 amide bonds. The highest BCUT2D eigenvalue weighted by Gasteiger charge is 2.10. The lowest BCUT2D eigenvalue weighted by atomic mass is 10.1. The van der Waals surface area contributed by atoms with Crippen LogP contribution in [0.1, 0.15) is 10.4 Å². The third kappa shape index (κ3) is 4.18. The number of nitrogens with zero attached hydrogens (tertiary/aromatic N) is 4. The molecule has 7 nitrogen and oxygen atoms in total. The van der Waals surface area contributed by atoms with Gasteiger partial charge in [0.1, 0.15) is 17.3 Å². The Morgan fingerprint density at radius 3 is 2.59 bits per heavy atom. The highest BCUT2D eigenvalue weighted by atomic mass is 19.3. The third-order valence-corrected chi connectivity index (χ3v) is 4.20. The zero-order valence-corrected chi connectivity index (χ0v) is 15.2. The van der Waals surface area contributed by atoms with Gasteiger partial charge in [-0.2, -0.15) is 8.78 Å². The normalized spacial score (nSPS) is 11.0. The first kappa shape index (κ1) is 18.5. The highest BCUT2D eigenvalue weighted by molar-refractivity contribution is 6.04. The molecule has 0 saturated carbocycles. The van der Waals surface area contributed by atoms with Crippen molar-refractivity contribution >= 4 is 22.5 Å². The van der Waals surface area contributed by atoms with E-state index in [4.69, 9.17) is 0 Å². The molecule has 0 spiro atoms. The average molecular weight is 395 g/mol. The van der Waals surface area contributed by atoms with Gasteiger partial charge in [-0.05, 0) is 41.8 Å². The Hall–Kier alpha value is -3.88. The molecule has 4 rings (SSSR count). The van der Waals surface area contributed by atoms with Gasteiger partial charge in [0.2, 0.25) is 0 Å². The van der Waals surface area contributed by atoms with Gasteiger partial charge in [0.05, 0.1) is 6.20 Å². The lowest BCUT2D eigenvalue weighted by Gasteiger charge is -2.08. The summed E-state index contributed by atoms with van der Waals surface area (Å²) in [7, 11) is 1.79. The number of pyridine rings is 1. The number of carbonyl (C=O) groups excluding carboxylic acids is 1. The Morgan fingerprint density at radius 2 is 1.90 bits per heavy atom. The number of carbonyl (C=O) groups is 1. The summed E-state index contributed by atoms with van der Waals surface area (Å²) in [6, 6.07) is 13.0. The first-order valence-corrected chi connectivity index (χ1v) is 8.61. The van der Waals surface area contributed by atoms with E-state index in [-0.39, 0.29) is 5.75 Å². The molecular formula is C20H15F2N5O2. The molecule has 2 heterocycles. The van der Waals surface area contributed by atoms with Crippen LogP contribution in [0.3, 0.4) is 0 Å². The number of nitrogens with one attached hydrogen (secondary N) is 1. The number of halogens is 2. The molecule has 0 bridgehead atoms. The van der Waals surface area contributed by atoms with Gasteiger partial charge in [0, 0.05) is 29.8 Å². The summed E-state index contributed by atoms with van der Waals surface area (Å²) in [6.07, 6.45) is 3.47. The Morgan fingerprint density at radius 1 is 1.10 bits per heavy atom. The molecule has 29 heavy (non-hydrogen) atoms. The number of hydrogen-bond acceptors (Lipinski definition) is 5. The van der Waals surface area contributed by atoms with E-state index in [0.717, 1.165) is 22.0 Å². The van der Waals surface area contributed by atoms with Crippen LogP contribution in [0.15, 0.2) is 60.9 Å². The van der Waals surface area contributed by atoms with Gasteiger partial charge in [-0.3, -0.25) is 9.48 Å². The maximum absolute atomic E-state index is 12.4. The van der Waals surface area contributed by atoms with Crippen LogP contribution in [0, 0.1) is 0 Å². The van der Waals surface area contributed by atoms with Crippen LogP contribution < -0.4 is 10.1 Å². The maximum Gasteiger partial charge on any atom is 0.387 e. The van der Waals surface area contributed by atoms with Gasteiger partial charge < -0.3 is 10.1 Å². The minimum Gasteiger partial charge on any atom is -0.435 e. The van der Waals surface area contributed by atoms with Crippen molar-refractivity contribution in [1.82, 2.24) is 20.0 Å². The molecule has 4 aromatic rings. The van der Waals surface area contributed by atoms with Crippen molar-refractivity contribution in [2.75, 3.05) is 5.32 Å². The molecule has 0 aliphatic heterocycles. The quantitative estimate of drug-likeness (QED) is 0.555. The number of alkyl halides is 2. The summed E-state index contributed by atoms with van der Waals surface area (Å²) in [5.74, 6) is -0.0610. The van der Waals surface area contributed by atoms with Crippen molar-refractivity contribution in [3.05, 3.63) is 66.5 Å². The minimum atomic E-state index is -2.91. The average Bonchev–Trinajstić information content (AvgIpc) is 3.14. The van der Waals surface area contributed by atoms with E-state index < -0.39 is 12.5 Å². The van der Waals surface area contributed by atoms with E-state index in [2.05, 4.69) is 25.3 Å². The monoisotopic (exact) mass is 395 g/mol. The second kappa shape index (κ2) is 7.63. The maximum atomic E-state index is 12.4. The molecule has 1 N–H and O–H groups in total. The Kier molecular flexibility index (Phi) is 4.86. The lowest BCUT2D eigenvalue weighted by molar-refractivity contribution is -0.0498. The number of benzene rings is 2.